The van der Waals surface area contributed by atoms with Gasteiger partial charge in [0.15, 0.2) is 0 Å². The maximum atomic E-state index is 3.74. The highest BCUT2D eigenvalue weighted by molar-refractivity contribution is 4.79. The predicted molar refractivity (Wildman–Crippen MR) is 65.6 cm³/mol. The van der Waals surface area contributed by atoms with Crippen molar-refractivity contribution in [1.82, 2.24) is 5.32 Å². The first kappa shape index (κ1) is 13.7. The molecule has 1 heteroatoms. The van der Waals surface area contributed by atoms with Crippen molar-refractivity contribution in [2.45, 2.75) is 58.9 Å². The van der Waals surface area contributed by atoms with Gasteiger partial charge in [-0.15, -0.1) is 6.58 Å². The Morgan fingerprint density at radius 1 is 1.21 bits per heavy atom. The van der Waals surface area contributed by atoms with Crippen molar-refractivity contribution in [1.29, 1.82) is 0 Å². The largest absolute Gasteiger partial charge is 0.316 e. The summed E-state index contributed by atoms with van der Waals surface area (Å²) in [4.78, 5) is 0. The molecule has 0 saturated heterocycles. The van der Waals surface area contributed by atoms with Gasteiger partial charge in [0.2, 0.25) is 0 Å². The van der Waals surface area contributed by atoms with E-state index < -0.39 is 0 Å². The Morgan fingerprint density at radius 3 is 2.29 bits per heavy atom. The van der Waals surface area contributed by atoms with Crippen LogP contribution in [-0.2, 0) is 0 Å². The van der Waals surface area contributed by atoms with Gasteiger partial charge >= 0.3 is 0 Å². The fourth-order valence-corrected chi connectivity index (χ4v) is 1.82. The zero-order valence-corrected chi connectivity index (χ0v) is 10.4. The van der Waals surface area contributed by atoms with Gasteiger partial charge < -0.3 is 5.32 Å². The molecule has 0 fully saturated rings. The van der Waals surface area contributed by atoms with Gasteiger partial charge in [0, 0.05) is 6.04 Å². The second-order valence-corrected chi connectivity index (χ2v) is 5.13. The standard InChI is InChI=1S/C13H27N/c1-6-7-8-9-10-11-12(14-5)13(2,3)4/h6,12,14H,1,7-11H2,2-5H3. The quantitative estimate of drug-likeness (QED) is 0.484. The number of rotatable bonds is 7. The molecule has 0 aromatic rings. The summed E-state index contributed by atoms with van der Waals surface area (Å²) < 4.78 is 0. The molecule has 1 nitrogen and oxygen atoms in total. The SMILES string of the molecule is C=CCCCCCC(NC)C(C)(C)C. The molecule has 1 N–H and O–H groups in total. The molecule has 14 heavy (non-hydrogen) atoms. The topological polar surface area (TPSA) is 12.0 Å². The average molecular weight is 197 g/mol. The maximum Gasteiger partial charge on any atom is 0.0113 e. The molecule has 0 aliphatic heterocycles. The summed E-state index contributed by atoms with van der Waals surface area (Å²) in [6.07, 6.45) is 8.43. The van der Waals surface area contributed by atoms with Crippen molar-refractivity contribution >= 4 is 0 Å². The molecule has 0 bridgehead atoms. The first-order valence-electron chi connectivity index (χ1n) is 5.80. The number of hydrogen-bond donors (Lipinski definition) is 1. The van der Waals surface area contributed by atoms with E-state index in [9.17, 15) is 0 Å². The van der Waals surface area contributed by atoms with Gasteiger partial charge in [0.25, 0.3) is 0 Å². The summed E-state index contributed by atoms with van der Waals surface area (Å²) in [5, 5.41) is 3.41. The van der Waals surface area contributed by atoms with E-state index >= 15 is 0 Å². The van der Waals surface area contributed by atoms with E-state index in [1.54, 1.807) is 0 Å². The zero-order valence-electron chi connectivity index (χ0n) is 10.4. The third-order valence-electron chi connectivity index (χ3n) is 2.79. The van der Waals surface area contributed by atoms with Crippen LogP contribution in [0.25, 0.3) is 0 Å². The van der Waals surface area contributed by atoms with E-state index in [4.69, 9.17) is 0 Å². The van der Waals surface area contributed by atoms with Crippen LogP contribution in [0.5, 0.6) is 0 Å². The van der Waals surface area contributed by atoms with Crippen LogP contribution >= 0.6 is 0 Å². The average Bonchev–Trinajstić information content (AvgIpc) is 2.09. The van der Waals surface area contributed by atoms with Crippen molar-refractivity contribution in [3.8, 4) is 0 Å². The Morgan fingerprint density at radius 2 is 1.86 bits per heavy atom. The lowest BCUT2D eigenvalue weighted by Crippen LogP contribution is -2.37. The summed E-state index contributed by atoms with van der Waals surface area (Å²) in [6.45, 7) is 10.6. The third-order valence-corrected chi connectivity index (χ3v) is 2.79. The van der Waals surface area contributed by atoms with Crippen molar-refractivity contribution in [2.24, 2.45) is 5.41 Å². The minimum Gasteiger partial charge on any atom is -0.316 e. The molecule has 0 amide bonds. The first-order valence-corrected chi connectivity index (χ1v) is 5.80. The molecule has 1 atom stereocenters. The van der Waals surface area contributed by atoms with Crippen LogP contribution in [0.1, 0.15) is 52.9 Å². The van der Waals surface area contributed by atoms with E-state index in [1.165, 1.54) is 32.1 Å². The van der Waals surface area contributed by atoms with E-state index in [-0.39, 0.29) is 0 Å². The van der Waals surface area contributed by atoms with Gasteiger partial charge in [-0.2, -0.15) is 0 Å². The van der Waals surface area contributed by atoms with E-state index in [0.29, 0.717) is 11.5 Å². The van der Waals surface area contributed by atoms with Gasteiger partial charge in [-0.25, -0.2) is 0 Å². The molecule has 0 aliphatic carbocycles. The second-order valence-electron chi connectivity index (χ2n) is 5.13. The van der Waals surface area contributed by atoms with E-state index in [2.05, 4.69) is 39.7 Å². The summed E-state index contributed by atoms with van der Waals surface area (Å²) in [5.74, 6) is 0. The predicted octanol–water partition coefficient (Wildman–Crippen LogP) is 3.76. The number of hydrogen-bond acceptors (Lipinski definition) is 1. The molecule has 84 valence electrons. The first-order chi connectivity index (χ1) is 6.52. The molecule has 1 unspecified atom stereocenters. The number of allylic oxidation sites excluding steroid dienone is 1. The van der Waals surface area contributed by atoms with E-state index in [1.807, 2.05) is 6.08 Å². The molecular weight excluding hydrogens is 170 g/mol. The molecule has 0 rings (SSSR count). The van der Waals surface area contributed by atoms with Crippen LogP contribution in [-0.4, -0.2) is 13.1 Å². The molecule has 0 aromatic carbocycles. The van der Waals surface area contributed by atoms with Crippen molar-refractivity contribution in [3.63, 3.8) is 0 Å². The van der Waals surface area contributed by atoms with Gasteiger partial charge in [-0.1, -0.05) is 39.7 Å². The highest BCUT2D eigenvalue weighted by Gasteiger charge is 2.21. The molecule has 0 saturated carbocycles. The van der Waals surface area contributed by atoms with Crippen molar-refractivity contribution in [2.75, 3.05) is 7.05 Å². The molecule has 0 spiro atoms. The minimum atomic E-state index is 0.382. The van der Waals surface area contributed by atoms with Crippen molar-refractivity contribution in [3.05, 3.63) is 12.7 Å². The van der Waals surface area contributed by atoms with Gasteiger partial charge in [-0.3, -0.25) is 0 Å². The lowest BCUT2D eigenvalue weighted by molar-refractivity contribution is 0.261. The third kappa shape index (κ3) is 6.20. The Hall–Kier alpha value is -0.300. The normalized spacial score (nSPS) is 14.0. The Balaban J connectivity index is 3.58. The van der Waals surface area contributed by atoms with Gasteiger partial charge in [0.05, 0.1) is 0 Å². The van der Waals surface area contributed by atoms with Crippen LogP contribution in [0.15, 0.2) is 12.7 Å². The lowest BCUT2D eigenvalue weighted by Gasteiger charge is -2.30. The minimum absolute atomic E-state index is 0.382. The van der Waals surface area contributed by atoms with Crippen LogP contribution < -0.4 is 5.32 Å². The highest BCUT2D eigenvalue weighted by Crippen LogP contribution is 2.23. The maximum absolute atomic E-state index is 3.74. The summed E-state index contributed by atoms with van der Waals surface area (Å²) >= 11 is 0. The molecule has 0 radical (unpaired) electrons. The monoisotopic (exact) mass is 197 g/mol. The molecule has 0 aromatic heterocycles. The van der Waals surface area contributed by atoms with Gasteiger partial charge in [0.1, 0.15) is 0 Å². The van der Waals surface area contributed by atoms with Crippen LogP contribution in [0.2, 0.25) is 0 Å². The van der Waals surface area contributed by atoms with E-state index in [0.717, 1.165) is 0 Å². The Bertz CT molecular complexity index is 144. The Kier molecular flexibility index (Phi) is 6.90. The fraction of sp³-hybridized carbons (Fsp3) is 0.846. The molecule has 0 heterocycles. The molecule has 0 aliphatic rings. The highest BCUT2D eigenvalue weighted by atomic mass is 14.9. The van der Waals surface area contributed by atoms with Crippen LogP contribution in [0.4, 0.5) is 0 Å². The van der Waals surface area contributed by atoms with Crippen molar-refractivity contribution < 1.29 is 0 Å². The smallest absolute Gasteiger partial charge is 0.0113 e. The zero-order chi connectivity index (χ0) is 11.0. The molecular formula is C13H27N. The summed E-state index contributed by atoms with van der Waals surface area (Å²) in [7, 11) is 2.07. The summed E-state index contributed by atoms with van der Waals surface area (Å²) in [5.41, 5.74) is 0.382. The number of nitrogens with one attached hydrogen (secondary N) is 1. The fourth-order valence-electron chi connectivity index (χ4n) is 1.82. The lowest BCUT2D eigenvalue weighted by atomic mass is 9.84. The number of unbranched alkanes of at least 4 members (excludes halogenated alkanes) is 3. The van der Waals surface area contributed by atoms with Crippen LogP contribution in [0.3, 0.4) is 0 Å². The van der Waals surface area contributed by atoms with Gasteiger partial charge in [-0.05, 0) is 31.7 Å². The van der Waals surface area contributed by atoms with Crippen LogP contribution in [0, 0.1) is 5.41 Å². The second kappa shape index (κ2) is 7.05. The summed E-state index contributed by atoms with van der Waals surface area (Å²) in [6, 6.07) is 0.645. The Labute approximate surface area is 90.0 Å².